The van der Waals surface area contributed by atoms with Gasteiger partial charge in [-0.3, -0.25) is 0 Å². The average molecular weight is 197 g/mol. The maximum absolute atomic E-state index is 13.5. The van der Waals surface area contributed by atoms with Crippen LogP contribution in [0.25, 0.3) is 0 Å². The van der Waals surface area contributed by atoms with Crippen molar-refractivity contribution in [2.75, 3.05) is 6.26 Å². The van der Waals surface area contributed by atoms with Gasteiger partial charge in [0.25, 0.3) is 0 Å². The van der Waals surface area contributed by atoms with Gasteiger partial charge in [-0.15, -0.1) is 11.8 Å². The van der Waals surface area contributed by atoms with E-state index in [4.69, 9.17) is 5.73 Å². The van der Waals surface area contributed by atoms with Crippen molar-refractivity contribution in [3.8, 4) is 0 Å². The van der Waals surface area contributed by atoms with E-state index in [1.807, 2.05) is 12.3 Å². The summed E-state index contributed by atoms with van der Waals surface area (Å²) in [5, 5.41) is 0. The second-order valence-corrected chi connectivity index (χ2v) is 4.32. The molecule has 1 aliphatic carbocycles. The molecule has 0 radical (unpaired) electrons. The SMILES string of the molecule is CSc1cccc(F)c1C1(N)CC1. The van der Waals surface area contributed by atoms with Gasteiger partial charge in [0.05, 0.1) is 0 Å². The Morgan fingerprint density at radius 2 is 2.15 bits per heavy atom. The summed E-state index contributed by atoms with van der Waals surface area (Å²) >= 11 is 1.56. The average Bonchev–Trinajstić information content (AvgIpc) is 2.84. The molecule has 0 saturated heterocycles. The van der Waals surface area contributed by atoms with Gasteiger partial charge in [0, 0.05) is 16.0 Å². The first-order valence-electron chi connectivity index (χ1n) is 4.29. The molecule has 1 saturated carbocycles. The molecule has 0 atom stereocenters. The molecule has 0 spiro atoms. The lowest BCUT2D eigenvalue weighted by Gasteiger charge is -2.14. The van der Waals surface area contributed by atoms with Gasteiger partial charge in [-0.1, -0.05) is 6.07 Å². The minimum Gasteiger partial charge on any atom is -0.321 e. The number of nitrogens with two attached hydrogens (primary N) is 1. The fraction of sp³-hybridized carbons (Fsp3) is 0.400. The smallest absolute Gasteiger partial charge is 0.129 e. The van der Waals surface area contributed by atoms with Crippen LogP contribution >= 0.6 is 11.8 Å². The van der Waals surface area contributed by atoms with Crippen molar-refractivity contribution in [1.29, 1.82) is 0 Å². The van der Waals surface area contributed by atoms with Crippen LogP contribution in [0.5, 0.6) is 0 Å². The van der Waals surface area contributed by atoms with Gasteiger partial charge in [0.1, 0.15) is 5.82 Å². The number of thioether (sulfide) groups is 1. The molecule has 0 heterocycles. The Kier molecular flexibility index (Phi) is 2.08. The predicted molar refractivity (Wildman–Crippen MR) is 53.3 cm³/mol. The van der Waals surface area contributed by atoms with E-state index in [1.54, 1.807) is 17.8 Å². The van der Waals surface area contributed by atoms with E-state index in [0.29, 0.717) is 5.56 Å². The topological polar surface area (TPSA) is 26.0 Å². The van der Waals surface area contributed by atoms with Crippen LogP contribution in [0, 0.1) is 5.82 Å². The van der Waals surface area contributed by atoms with E-state index in [2.05, 4.69) is 0 Å². The molecule has 0 bridgehead atoms. The fourth-order valence-corrected chi connectivity index (χ4v) is 2.26. The van der Waals surface area contributed by atoms with Gasteiger partial charge in [0.2, 0.25) is 0 Å². The van der Waals surface area contributed by atoms with Crippen molar-refractivity contribution in [2.24, 2.45) is 5.73 Å². The highest BCUT2D eigenvalue weighted by molar-refractivity contribution is 7.98. The number of hydrogen-bond acceptors (Lipinski definition) is 2. The first-order chi connectivity index (χ1) is 6.17. The minimum atomic E-state index is -0.371. The van der Waals surface area contributed by atoms with Crippen molar-refractivity contribution in [1.82, 2.24) is 0 Å². The van der Waals surface area contributed by atoms with Gasteiger partial charge in [-0.05, 0) is 31.2 Å². The van der Waals surface area contributed by atoms with E-state index in [-0.39, 0.29) is 11.4 Å². The number of halogens is 1. The Balaban J connectivity index is 2.52. The lowest BCUT2D eigenvalue weighted by Crippen LogP contribution is -2.21. The van der Waals surface area contributed by atoms with Gasteiger partial charge in [-0.2, -0.15) is 0 Å². The Bertz CT molecular complexity index is 334. The Hall–Kier alpha value is -0.540. The summed E-state index contributed by atoms with van der Waals surface area (Å²) in [5.41, 5.74) is 6.33. The van der Waals surface area contributed by atoms with E-state index in [0.717, 1.165) is 17.7 Å². The van der Waals surface area contributed by atoms with E-state index in [9.17, 15) is 4.39 Å². The Morgan fingerprint density at radius 1 is 1.46 bits per heavy atom. The highest BCUT2D eigenvalue weighted by Gasteiger charge is 2.43. The summed E-state index contributed by atoms with van der Waals surface area (Å²) < 4.78 is 13.5. The van der Waals surface area contributed by atoms with Gasteiger partial charge >= 0.3 is 0 Å². The highest BCUT2D eigenvalue weighted by atomic mass is 32.2. The zero-order valence-corrected chi connectivity index (χ0v) is 8.33. The first-order valence-corrected chi connectivity index (χ1v) is 5.52. The van der Waals surface area contributed by atoms with Crippen LogP contribution in [0.3, 0.4) is 0 Å². The lowest BCUT2D eigenvalue weighted by molar-refractivity contribution is 0.568. The molecule has 2 rings (SSSR count). The zero-order valence-electron chi connectivity index (χ0n) is 7.51. The second-order valence-electron chi connectivity index (χ2n) is 3.47. The highest BCUT2D eigenvalue weighted by Crippen LogP contribution is 2.46. The fourth-order valence-electron chi connectivity index (χ4n) is 1.54. The molecule has 1 fully saturated rings. The lowest BCUT2D eigenvalue weighted by atomic mass is 10.1. The summed E-state index contributed by atoms with van der Waals surface area (Å²) in [4.78, 5) is 0.972. The summed E-state index contributed by atoms with van der Waals surface area (Å²) in [6, 6.07) is 5.15. The zero-order chi connectivity index (χ0) is 9.47. The number of rotatable bonds is 2. The summed E-state index contributed by atoms with van der Waals surface area (Å²) in [6.07, 6.45) is 3.76. The Morgan fingerprint density at radius 3 is 2.69 bits per heavy atom. The number of benzene rings is 1. The molecule has 13 heavy (non-hydrogen) atoms. The van der Waals surface area contributed by atoms with Crippen LogP contribution in [-0.2, 0) is 5.54 Å². The third kappa shape index (κ3) is 1.46. The summed E-state index contributed by atoms with van der Waals surface area (Å²) in [6.45, 7) is 0. The molecule has 2 N–H and O–H groups in total. The van der Waals surface area contributed by atoms with Gasteiger partial charge < -0.3 is 5.73 Å². The van der Waals surface area contributed by atoms with E-state index in [1.165, 1.54) is 6.07 Å². The van der Waals surface area contributed by atoms with Crippen LogP contribution in [0.4, 0.5) is 4.39 Å². The van der Waals surface area contributed by atoms with E-state index < -0.39 is 0 Å². The molecule has 1 aromatic rings. The molecule has 0 unspecified atom stereocenters. The molecule has 3 heteroatoms. The van der Waals surface area contributed by atoms with E-state index >= 15 is 0 Å². The molecule has 1 aromatic carbocycles. The third-order valence-corrected chi connectivity index (χ3v) is 3.26. The molecular weight excluding hydrogens is 185 g/mol. The largest absolute Gasteiger partial charge is 0.321 e. The van der Waals surface area contributed by atoms with Gasteiger partial charge in [0.15, 0.2) is 0 Å². The second kappa shape index (κ2) is 3.00. The van der Waals surface area contributed by atoms with Crippen LogP contribution in [0.15, 0.2) is 23.1 Å². The van der Waals surface area contributed by atoms with Crippen LogP contribution < -0.4 is 5.73 Å². The first kappa shape index (κ1) is 9.03. The van der Waals surface area contributed by atoms with Crippen molar-refractivity contribution >= 4 is 11.8 Å². The third-order valence-electron chi connectivity index (χ3n) is 2.48. The summed E-state index contributed by atoms with van der Waals surface area (Å²) in [5.74, 6) is -0.160. The van der Waals surface area contributed by atoms with Crippen molar-refractivity contribution < 1.29 is 4.39 Å². The standard InChI is InChI=1S/C10H12FNS/c1-13-8-4-2-3-7(11)9(8)10(12)5-6-10/h2-4H,5-6,12H2,1H3. The Labute approximate surface area is 81.5 Å². The number of hydrogen-bond donors (Lipinski definition) is 1. The quantitative estimate of drug-likeness (QED) is 0.737. The van der Waals surface area contributed by atoms with Crippen LogP contribution in [-0.4, -0.2) is 6.26 Å². The molecule has 0 amide bonds. The van der Waals surface area contributed by atoms with Crippen LogP contribution in [0.1, 0.15) is 18.4 Å². The molecule has 70 valence electrons. The maximum atomic E-state index is 13.5. The normalized spacial score (nSPS) is 18.7. The van der Waals surface area contributed by atoms with Crippen molar-refractivity contribution in [2.45, 2.75) is 23.3 Å². The van der Waals surface area contributed by atoms with Gasteiger partial charge in [-0.25, -0.2) is 4.39 Å². The minimum absolute atomic E-state index is 0.160. The molecule has 0 aromatic heterocycles. The molecule has 1 aliphatic rings. The van der Waals surface area contributed by atoms with Crippen molar-refractivity contribution in [3.05, 3.63) is 29.6 Å². The maximum Gasteiger partial charge on any atom is 0.129 e. The monoisotopic (exact) mass is 197 g/mol. The molecule has 1 nitrogen and oxygen atoms in total. The predicted octanol–water partition coefficient (Wildman–Crippen LogP) is 2.50. The molecular formula is C10H12FNS. The van der Waals surface area contributed by atoms with Crippen LogP contribution in [0.2, 0.25) is 0 Å². The molecule has 0 aliphatic heterocycles. The van der Waals surface area contributed by atoms with Crippen molar-refractivity contribution in [3.63, 3.8) is 0 Å². The summed E-state index contributed by atoms with van der Waals surface area (Å²) in [7, 11) is 0.